The predicted molar refractivity (Wildman–Crippen MR) is 120 cm³/mol. The zero-order valence-corrected chi connectivity index (χ0v) is 17.4. The van der Waals surface area contributed by atoms with Crippen molar-refractivity contribution in [3.8, 4) is 28.1 Å². The molecule has 0 amide bonds. The first kappa shape index (κ1) is 19.9. The highest BCUT2D eigenvalue weighted by molar-refractivity contribution is 6.31. The van der Waals surface area contributed by atoms with E-state index >= 15 is 0 Å². The van der Waals surface area contributed by atoms with Crippen LogP contribution in [0.15, 0.2) is 72.8 Å². The Morgan fingerprint density at radius 1 is 0.967 bits per heavy atom. The molecule has 0 atom stereocenters. The van der Waals surface area contributed by atoms with E-state index in [0.717, 1.165) is 33.3 Å². The van der Waals surface area contributed by atoms with E-state index in [1.807, 2.05) is 66.7 Å². The van der Waals surface area contributed by atoms with Crippen LogP contribution in [0, 0.1) is 0 Å². The number of aromatic nitrogens is 1. The van der Waals surface area contributed by atoms with Gasteiger partial charge in [0, 0.05) is 21.5 Å². The summed E-state index contributed by atoms with van der Waals surface area (Å²) in [5.74, 6) is 0.309. The minimum absolute atomic E-state index is 0.267. The largest absolute Gasteiger partial charge is 0.497 e. The number of rotatable bonds is 5. The van der Waals surface area contributed by atoms with Crippen LogP contribution in [0.3, 0.4) is 0 Å². The van der Waals surface area contributed by atoms with Crippen molar-refractivity contribution >= 4 is 28.5 Å². The normalized spacial score (nSPS) is 10.8. The van der Waals surface area contributed by atoms with E-state index in [-0.39, 0.29) is 6.61 Å². The average Bonchev–Trinajstić information content (AvgIpc) is 2.78. The lowest BCUT2D eigenvalue weighted by atomic mass is 9.92. The van der Waals surface area contributed by atoms with Gasteiger partial charge in [0.2, 0.25) is 0 Å². The summed E-state index contributed by atoms with van der Waals surface area (Å²) in [6.07, 6.45) is 0. The second kappa shape index (κ2) is 8.56. The van der Waals surface area contributed by atoms with Crippen LogP contribution in [-0.4, -0.2) is 24.7 Å². The minimum Gasteiger partial charge on any atom is -0.497 e. The van der Waals surface area contributed by atoms with E-state index in [1.54, 1.807) is 20.1 Å². The Hall–Kier alpha value is -3.37. The summed E-state index contributed by atoms with van der Waals surface area (Å²) in [4.78, 5) is 18.0. The van der Waals surface area contributed by atoms with Gasteiger partial charge < -0.3 is 9.47 Å². The molecule has 1 heterocycles. The number of carbonyl (C=O) groups excluding carboxylic acids is 1. The SMILES string of the molecule is CCOC(=O)c1c(-c2ccc(OC)cc2)nc2ccc(Cl)cc2c1-c1ccccc1. The quantitative estimate of drug-likeness (QED) is 0.352. The van der Waals surface area contributed by atoms with E-state index in [1.165, 1.54) is 0 Å². The smallest absolute Gasteiger partial charge is 0.341 e. The summed E-state index contributed by atoms with van der Waals surface area (Å²) in [6, 6.07) is 22.7. The van der Waals surface area contributed by atoms with Crippen molar-refractivity contribution in [2.45, 2.75) is 6.92 Å². The van der Waals surface area contributed by atoms with Crippen molar-refractivity contribution < 1.29 is 14.3 Å². The molecule has 0 saturated carbocycles. The lowest BCUT2D eigenvalue weighted by Gasteiger charge is -2.17. The number of pyridine rings is 1. The molecule has 0 aliphatic carbocycles. The molecule has 5 heteroatoms. The molecule has 4 nitrogen and oxygen atoms in total. The fourth-order valence-corrected chi connectivity index (χ4v) is 3.67. The lowest BCUT2D eigenvalue weighted by Crippen LogP contribution is -2.10. The number of carbonyl (C=O) groups is 1. The van der Waals surface area contributed by atoms with Crippen LogP contribution in [0.25, 0.3) is 33.3 Å². The molecule has 1 aromatic heterocycles. The number of hydrogen-bond donors (Lipinski definition) is 0. The van der Waals surface area contributed by atoms with Gasteiger partial charge in [0.25, 0.3) is 0 Å². The molecule has 0 saturated heterocycles. The van der Waals surface area contributed by atoms with Crippen molar-refractivity contribution in [3.63, 3.8) is 0 Å². The van der Waals surface area contributed by atoms with Gasteiger partial charge in [-0.15, -0.1) is 0 Å². The predicted octanol–water partition coefficient (Wildman–Crippen LogP) is 6.41. The summed E-state index contributed by atoms with van der Waals surface area (Å²) in [5.41, 5.74) is 4.18. The summed E-state index contributed by atoms with van der Waals surface area (Å²) in [5, 5.41) is 1.38. The first-order chi connectivity index (χ1) is 14.6. The van der Waals surface area contributed by atoms with Crippen LogP contribution in [0.1, 0.15) is 17.3 Å². The molecule has 0 bridgehead atoms. The van der Waals surface area contributed by atoms with Gasteiger partial charge >= 0.3 is 5.97 Å². The third kappa shape index (κ3) is 3.74. The highest BCUT2D eigenvalue weighted by Gasteiger charge is 2.24. The number of methoxy groups -OCH3 is 1. The monoisotopic (exact) mass is 417 g/mol. The molecule has 4 aromatic rings. The van der Waals surface area contributed by atoms with E-state index in [2.05, 4.69) is 0 Å². The summed E-state index contributed by atoms with van der Waals surface area (Å²) in [6.45, 7) is 2.06. The van der Waals surface area contributed by atoms with Crippen molar-refractivity contribution in [1.29, 1.82) is 0 Å². The Kier molecular flexibility index (Phi) is 5.68. The maximum absolute atomic E-state index is 13.2. The molecule has 0 spiro atoms. The fraction of sp³-hybridized carbons (Fsp3) is 0.120. The number of fused-ring (bicyclic) bond motifs is 1. The second-order valence-corrected chi connectivity index (χ2v) is 7.12. The van der Waals surface area contributed by atoms with Crippen LogP contribution >= 0.6 is 11.6 Å². The van der Waals surface area contributed by atoms with Crippen molar-refractivity contribution in [2.24, 2.45) is 0 Å². The van der Waals surface area contributed by atoms with Gasteiger partial charge in [0.1, 0.15) is 5.75 Å². The number of hydrogen-bond acceptors (Lipinski definition) is 4. The molecule has 4 rings (SSSR count). The second-order valence-electron chi connectivity index (χ2n) is 6.69. The third-order valence-corrected chi connectivity index (χ3v) is 5.09. The van der Waals surface area contributed by atoms with E-state index in [9.17, 15) is 4.79 Å². The molecule has 0 aliphatic rings. The standard InChI is InChI=1S/C25H20ClNO3/c1-3-30-25(28)23-22(16-7-5-4-6-8-16)20-15-18(26)11-14-21(20)27-24(23)17-9-12-19(29-2)13-10-17/h4-15H,3H2,1-2H3. The van der Waals surface area contributed by atoms with Gasteiger partial charge in [-0.05, 0) is 55.0 Å². The van der Waals surface area contributed by atoms with Gasteiger partial charge in [-0.1, -0.05) is 41.9 Å². The molecule has 0 fully saturated rings. The number of ether oxygens (including phenoxy) is 2. The highest BCUT2D eigenvalue weighted by Crippen LogP contribution is 2.38. The fourth-order valence-electron chi connectivity index (χ4n) is 3.50. The summed E-state index contributed by atoms with van der Waals surface area (Å²) in [7, 11) is 1.62. The third-order valence-electron chi connectivity index (χ3n) is 4.85. The molecule has 30 heavy (non-hydrogen) atoms. The zero-order valence-electron chi connectivity index (χ0n) is 16.7. The van der Waals surface area contributed by atoms with E-state index < -0.39 is 5.97 Å². The van der Waals surface area contributed by atoms with Gasteiger partial charge in [-0.3, -0.25) is 0 Å². The topological polar surface area (TPSA) is 48.4 Å². The van der Waals surface area contributed by atoms with Crippen LogP contribution < -0.4 is 4.74 Å². The van der Waals surface area contributed by atoms with Gasteiger partial charge in [0.15, 0.2) is 0 Å². The average molecular weight is 418 g/mol. The maximum Gasteiger partial charge on any atom is 0.341 e. The van der Waals surface area contributed by atoms with Gasteiger partial charge in [-0.25, -0.2) is 9.78 Å². The van der Waals surface area contributed by atoms with Gasteiger partial charge in [-0.2, -0.15) is 0 Å². The molecular weight excluding hydrogens is 398 g/mol. The maximum atomic E-state index is 13.2. The van der Waals surface area contributed by atoms with Crippen LogP contribution in [0.5, 0.6) is 5.75 Å². The van der Waals surface area contributed by atoms with Gasteiger partial charge in [0.05, 0.1) is 30.5 Å². The first-order valence-corrected chi connectivity index (χ1v) is 10.0. The zero-order chi connectivity index (χ0) is 21.1. The number of nitrogens with zero attached hydrogens (tertiary/aromatic N) is 1. The molecule has 3 aromatic carbocycles. The minimum atomic E-state index is -0.420. The highest BCUT2D eigenvalue weighted by atomic mass is 35.5. The lowest BCUT2D eigenvalue weighted by molar-refractivity contribution is 0.0528. The number of benzene rings is 3. The van der Waals surface area contributed by atoms with Crippen molar-refractivity contribution in [3.05, 3.63) is 83.4 Å². The molecule has 0 radical (unpaired) electrons. The Balaban J connectivity index is 2.11. The number of halogens is 1. The van der Waals surface area contributed by atoms with E-state index in [0.29, 0.717) is 16.3 Å². The van der Waals surface area contributed by atoms with Crippen LogP contribution in [-0.2, 0) is 4.74 Å². The molecule has 150 valence electrons. The number of esters is 1. The van der Waals surface area contributed by atoms with Crippen molar-refractivity contribution in [1.82, 2.24) is 4.98 Å². The Bertz CT molecular complexity index is 1200. The van der Waals surface area contributed by atoms with Crippen LogP contribution in [0.4, 0.5) is 0 Å². The van der Waals surface area contributed by atoms with Crippen molar-refractivity contribution in [2.75, 3.05) is 13.7 Å². The molecule has 0 aliphatic heterocycles. The summed E-state index contributed by atoms with van der Waals surface area (Å²) >= 11 is 6.30. The Morgan fingerprint density at radius 3 is 2.37 bits per heavy atom. The first-order valence-electron chi connectivity index (χ1n) is 9.62. The Labute approximate surface area is 180 Å². The van der Waals surface area contributed by atoms with E-state index in [4.69, 9.17) is 26.1 Å². The molecular formula is C25H20ClNO3. The van der Waals surface area contributed by atoms with Crippen LogP contribution in [0.2, 0.25) is 5.02 Å². The molecule has 0 N–H and O–H groups in total. The summed E-state index contributed by atoms with van der Waals surface area (Å²) < 4.78 is 10.7. The molecule has 0 unspecified atom stereocenters. The Morgan fingerprint density at radius 2 is 1.70 bits per heavy atom.